The monoisotopic (exact) mass is 194 g/mol. The zero-order valence-electron chi connectivity index (χ0n) is 7.27. The van der Waals surface area contributed by atoms with Gasteiger partial charge >= 0.3 is 0 Å². The van der Waals surface area contributed by atoms with Crippen molar-refractivity contribution in [2.24, 2.45) is 0 Å². The average Bonchev–Trinajstić information content (AvgIpc) is 2.15. The highest BCUT2D eigenvalue weighted by atomic mass is 32.2. The Morgan fingerprint density at radius 2 is 1.92 bits per heavy atom. The van der Waals surface area contributed by atoms with Crippen molar-refractivity contribution < 1.29 is 9.00 Å². The number of hydrogen-bond acceptors (Lipinski definition) is 2. The fraction of sp³-hybridized carbons (Fsp3) is 0.100. The molecule has 0 radical (unpaired) electrons. The van der Waals surface area contributed by atoms with Crippen molar-refractivity contribution >= 4 is 16.6 Å². The van der Waals surface area contributed by atoms with Gasteiger partial charge in [-0.15, -0.1) is 0 Å². The van der Waals surface area contributed by atoms with E-state index in [-0.39, 0.29) is 5.78 Å². The maximum absolute atomic E-state index is 11.4. The van der Waals surface area contributed by atoms with Gasteiger partial charge in [-0.1, -0.05) is 18.2 Å². The van der Waals surface area contributed by atoms with E-state index in [1.807, 2.05) is 18.2 Å². The quantitative estimate of drug-likeness (QED) is 0.689. The fourth-order valence-corrected chi connectivity index (χ4v) is 1.69. The summed E-state index contributed by atoms with van der Waals surface area (Å²) < 4.78 is 11.4. The third-order valence-corrected chi connectivity index (χ3v) is 2.52. The van der Waals surface area contributed by atoms with E-state index in [4.69, 9.17) is 0 Å². The topological polar surface area (TPSA) is 34.1 Å². The van der Waals surface area contributed by atoms with Crippen molar-refractivity contribution in [3.8, 4) is 0 Å². The second-order valence-corrected chi connectivity index (χ2v) is 3.86. The molecule has 3 heteroatoms. The second kappa shape index (κ2) is 4.72. The van der Waals surface area contributed by atoms with Gasteiger partial charge in [0.2, 0.25) is 0 Å². The molecule has 0 spiro atoms. The summed E-state index contributed by atoms with van der Waals surface area (Å²) >= 11 is 0. The van der Waals surface area contributed by atoms with Crippen LogP contribution < -0.4 is 0 Å². The third-order valence-electron chi connectivity index (χ3n) is 1.40. The molecule has 0 aliphatic rings. The van der Waals surface area contributed by atoms with E-state index in [1.54, 1.807) is 12.1 Å². The molecular weight excluding hydrogens is 184 g/mol. The van der Waals surface area contributed by atoms with E-state index in [2.05, 4.69) is 0 Å². The first-order chi connectivity index (χ1) is 6.20. The lowest BCUT2D eigenvalue weighted by Gasteiger charge is -1.93. The molecule has 0 saturated carbocycles. The van der Waals surface area contributed by atoms with Crippen LogP contribution in [0.5, 0.6) is 0 Å². The number of carbonyl (C=O) groups is 1. The largest absolute Gasteiger partial charge is 0.295 e. The van der Waals surface area contributed by atoms with E-state index >= 15 is 0 Å². The molecule has 13 heavy (non-hydrogen) atoms. The zero-order valence-corrected chi connectivity index (χ0v) is 8.08. The maximum atomic E-state index is 11.4. The highest BCUT2D eigenvalue weighted by Gasteiger charge is 1.96. The first-order valence-corrected chi connectivity index (χ1v) is 5.06. The predicted molar refractivity (Wildman–Crippen MR) is 52.7 cm³/mol. The highest BCUT2D eigenvalue weighted by molar-refractivity contribution is 7.88. The van der Waals surface area contributed by atoms with E-state index in [1.165, 1.54) is 18.4 Å². The van der Waals surface area contributed by atoms with Crippen LogP contribution in [0.15, 0.2) is 46.7 Å². The predicted octanol–water partition coefficient (Wildman–Crippen LogP) is 1.90. The minimum absolute atomic E-state index is 0.0933. The van der Waals surface area contributed by atoms with Crippen LogP contribution in [-0.2, 0) is 15.6 Å². The molecule has 0 aromatic heterocycles. The van der Waals surface area contributed by atoms with Gasteiger partial charge in [-0.25, -0.2) is 4.21 Å². The summed E-state index contributed by atoms with van der Waals surface area (Å²) in [5.74, 6) is -0.0933. The number of benzene rings is 1. The first kappa shape index (κ1) is 9.86. The van der Waals surface area contributed by atoms with Crippen molar-refractivity contribution in [2.75, 3.05) is 0 Å². The summed E-state index contributed by atoms with van der Waals surface area (Å²) in [6.07, 6.45) is 1.32. The van der Waals surface area contributed by atoms with Gasteiger partial charge in [-0.2, -0.15) is 0 Å². The molecule has 1 atom stereocenters. The fourth-order valence-electron chi connectivity index (χ4n) is 0.791. The van der Waals surface area contributed by atoms with E-state index in [0.717, 1.165) is 0 Å². The van der Waals surface area contributed by atoms with Crippen molar-refractivity contribution in [2.45, 2.75) is 11.8 Å². The Hall–Kier alpha value is -1.22. The van der Waals surface area contributed by atoms with Crippen LogP contribution in [0.3, 0.4) is 0 Å². The van der Waals surface area contributed by atoms with Crippen LogP contribution in [0.2, 0.25) is 0 Å². The molecule has 0 heterocycles. The second-order valence-electron chi connectivity index (χ2n) is 2.52. The van der Waals surface area contributed by atoms with Crippen molar-refractivity contribution in [3.05, 3.63) is 41.8 Å². The minimum atomic E-state index is -1.21. The van der Waals surface area contributed by atoms with E-state index in [0.29, 0.717) is 4.90 Å². The number of ketones is 1. The van der Waals surface area contributed by atoms with Gasteiger partial charge < -0.3 is 0 Å². The van der Waals surface area contributed by atoms with Crippen LogP contribution in [0, 0.1) is 0 Å². The summed E-state index contributed by atoms with van der Waals surface area (Å²) in [5, 5.41) is 1.40. The zero-order chi connectivity index (χ0) is 9.68. The SMILES string of the molecule is CC(=O)/C=C/S(=O)c1ccccc1. The number of carbonyl (C=O) groups excluding carboxylic acids is 1. The van der Waals surface area contributed by atoms with Gasteiger partial charge in [0, 0.05) is 10.3 Å². The molecule has 1 aromatic rings. The van der Waals surface area contributed by atoms with Crippen LogP contribution >= 0.6 is 0 Å². The lowest BCUT2D eigenvalue weighted by Crippen LogP contribution is -1.87. The molecule has 1 rings (SSSR count). The number of allylic oxidation sites excluding steroid dienone is 1. The Kier molecular flexibility index (Phi) is 3.58. The normalized spacial score (nSPS) is 13.0. The molecule has 0 aliphatic carbocycles. The Morgan fingerprint density at radius 1 is 1.31 bits per heavy atom. The molecular formula is C10H10O2S. The van der Waals surface area contributed by atoms with Gasteiger partial charge in [-0.05, 0) is 25.1 Å². The van der Waals surface area contributed by atoms with Gasteiger partial charge in [0.05, 0.1) is 10.8 Å². The average molecular weight is 194 g/mol. The van der Waals surface area contributed by atoms with Gasteiger partial charge in [-0.3, -0.25) is 4.79 Å². The summed E-state index contributed by atoms with van der Waals surface area (Å²) in [6.45, 7) is 1.43. The van der Waals surface area contributed by atoms with Crippen molar-refractivity contribution in [3.63, 3.8) is 0 Å². The Labute approximate surface area is 79.7 Å². The Morgan fingerprint density at radius 3 is 2.46 bits per heavy atom. The van der Waals surface area contributed by atoms with Crippen LogP contribution in [0.25, 0.3) is 0 Å². The summed E-state index contributed by atoms with van der Waals surface area (Å²) in [4.78, 5) is 11.3. The van der Waals surface area contributed by atoms with Gasteiger partial charge in [0.1, 0.15) is 0 Å². The van der Waals surface area contributed by atoms with Crippen molar-refractivity contribution in [1.29, 1.82) is 0 Å². The number of rotatable bonds is 3. The number of hydrogen-bond donors (Lipinski definition) is 0. The molecule has 1 aromatic carbocycles. The molecule has 0 bridgehead atoms. The molecule has 68 valence electrons. The van der Waals surface area contributed by atoms with E-state index in [9.17, 15) is 9.00 Å². The summed E-state index contributed by atoms with van der Waals surface area (Å²) in [6, 6.07) is 9.01. The van der Waals surface area contributed by atoms with Gasteiger partial charge in [0.15, 0.2) is 5.78 Å². The Balaban J connectivity index is 2.76. The maximum Gasteiger partial charge on any atom is 0.153 e. The first-order valence-electron chi connectivity index (χ1n) is 3.84. The molecule has 0 aliphatic heterocycles. The van der Waals surface area contributed by atoms with Crippen LogP contribution in [-0.4, -0.2) is 9.99 Å². The standard InChI is InChI=1S/C10H10O2S/c1-9(11)7-8-13(12)10-5-3-2-4-6-10/h2-8H,1H3/b8-7+. The molecule has 0 saturated heterocycles. The summed E-state index contributed by atoms with van der Waals surface area (Å²) in [7, 11) is -1.21. The molecule has 0 fully saturated rings. The Bertz CT molecular complexity index is 341. The molecule has 1 unspecified atom stereocenters. The smallest absolute Gasteiger partial charge is 0.153 e. The van der Waals surface area contributed by atoms with E-state index < -0.39 is 10.8 Å². The highest BCUT2D eigenvalue weighted by Crippen LogP contribution is 2.05. The molecule has 2 nitrogen and oxygen atoms in total. The van der Waals surface area contributed by atoms with Gasteiger partial charge in [0.25, 0.3) is 0 Å². The summed E-state index contributed by atoms with van der Waals surface area (Å²) in [5.41, 5.74) is 0. The molecule has 0 N–H and O–H groups in total. The van der Waals surface area contributed by atoms with Crippen LogP contribution in [0.1, 0.15) is 6.92 Å². The third kappa shape index (κ3) is 3.34. The van der Waals surface area contributed by atoms with Crippen LogP contribution in [0.4, 0.5) is 0 Å². The van der Waals surface area contributed by atoms with Crippen molar-refractivity contribution in [1.82, 2.24) is 0 Å². The molecule has 0 amide bonds. The lowest BCUT2D eigenvalue weighted by molar-refractivity contribution is -0.112. The lowest BCUT2D eigenvalue weighted by atomic mass is 10.4. The minimum Gasteiger partial charge on any atom is -0.295 e.